The summed E-state index contributed by atoms with van der Waals surface area (Å²) in [5.41, 5.74) is 3.21. The molecule has 0 bridgehead atoms. The summed E-state index contributed by atoms with van der Waals surface area (Å²) in [6, 6.07) is 5.22. The van der Waals surface area contributed by atoms with Crippen molar-refractivity contribution in [3.05, 3.63) is 23.3 Å². The van der Waals surface area contributed by atoms with Gasteiger partial charge in [-0.05, 0) is 23.9 Å². The summed E-state index contributed by atoms with van der Waals surface area (Å²) in [5.74, 6) is 0. The van der Waals surface area contributed by atoms with Gasteiger partial charge in [0, 0.05) is 0 Å². The Labute approximate surface area is 195 Å². The number of hydrogen-bond donors (Lipinski definition) is 0. The van der Waals surface area contributed by atoms with Gasteiger partial charge in [0.1, 0.15) is 0 Å². The zero-order chi connectivity index (χ0) is 22.6. The monoisotopic (exact) mass is 446 g/mol. The highest BCUT2D eigenvalue weighted by Gasteiger charge is 2.23. The number of rotatable bonds is 16. The largest absolute Gasteiger partial charge is 0.0654 e. The van der Waals surface area contributed by atoms with E-state index in [0.717, 1.165) is 0 Å². The summed E-state index contributed by atoms with van der Waals surface area (Å²) in [6.07, 6.45) is 16.9. The van der Waals surface area contributed by atoms with Crippen LogP contribution in [0.3, 0.4) is 0 Å². The Kier molecular flexibility index (Phi) is 12.9. The molecule has 0 atom stereocenters. The quantitative estimate of drug-likeness (QED) is 0.189. The fourth-order valence-corrected chi connectivity index (χ4v) is 9.43. The van der Waals surface area contributed by atoms with Crippen molar-refractivity contribution in [3.63, 3.8) is 0 Å². The maximum Gasteiger partial charge on any atom is 0.0607 e. The number of benzene rings is 1. The third-order valence-corrected chi connectivity index (χ3v) is 12.0. The molecule has 0 aliphatic heterocycles. The van der Waals surface area contributed by atoms with Crippen LogP contribution in [0.1, 0.15) is 130 Å². The summed E-state index contributed by atoms with van der Waals surface area (Å²) >= 11 is 0. The predicted octanol–water partition coefficient (Wildman–Crippen LogP) is 7.01. The van der Waals surface area contributed by atoms with Gasteiger partial charge in [0.2, 0.25) is 0 Å². The molecule has 174 valence electrons. The minimum Gasteiger partial charge on any atom is -0.0654 e. The first kappa shape index (κ1) is 27.7. The van der Waals surface area contributed by atoms with E-state index in [2.05, 4.69) is 67.5 Å². The van der Waals surface area contributed by atoms with Crippen LogP contribution in [0.4, 0.5) is 0 Å². The lowest BCUT2D eigenvalue weighted by Crippen LogP contribution is -2.34. The normalized spacial score (nSPS) is 13.3. The second-order valence-corrected chi connectivity index (χ2v) is 17.8. The molecule has 2 heteroatoms. The molecule has 1 rings (SSSR count). The second-order valence-electron chi connectivity index (χ2n) is 11.7. The highest BCUT2D eigenvalue weighted by atomic mass is 28.2. The van der Waals surface area contributed by atoms with Gasteiger partial charge in [-0.3, -0.25) is 0 Å². The van der Waals surface area contributed by atoms with Crippen molar-refractivity contribution in [1.29, 1.82) is 0 Å². The van der Waals surface area contributed by atoms with E-state index in [0.29, 0.717) is 10.1 Å². The molecule has 0 unspecified atom stereocenters. The Balaban J connectivity index is 2.65. The third-order valence-electron chi connectivity index (χ3n) is 7.05. The van der Waals surface area contributed by atoms with Crippen molar-refractivity contribution in [3.8, 4) is 0 Å². The zero-order valence-corrected chi connectivity index (χ0v) is 24.9. The van der Waals surface area contributed by atoms with E-state index in [1.165, 1.54) is 77.0 Å². The zero-order valence-electron chi connectivity index (χ0n) is 22.1. The van der Waals surface area contributed by atoms with Crippen LogP contribution >= 0.6 is 0 Å². The molecule has 0 radical (unpaired) electrons. The first-order chi connectivity index (χ1) is 14.1. The Hall–Kier alpha value is -0.346. The van der Waals surface area contributed by atoms with Crippen molar-refractivity contribution < 1.29 is 0 Å². The minimum absolute atomic E-state index is 0.237. The molecular weight excluding hydrogens is 392 g/mol. The molecule has 30 heavy (non-hydrogen) atoms. The first-order valence-corrected chi connectivity index (χ1v) is 16.0. The summed E-state index contributed by atoms with van der Waals surface area (Å²) in [5, 5.41) is 4.59. The number of aryl methyl sites for hydroxylation is 2. The highest BCUT2D eigenvalue weighted by molar-refractivity contribution is 6.59. The van der Waals surface area contributed by atoms with E-state index in [1.54, 1.807) is 21.5 Å². The third kappa shape index (κ3) is 11.3. The van der Waals surface area contributed by atoms with Crippen molar-refractivity contribution in [2.24, 2.45) is 0 Å². The second kappa shape index (κ2) is 13.9. The van der Waals surface area contributed by atoms with Crippen LogP contribution in [0.2, 0.25) is 10.1 Å². The highest BCUT2D eigenvalue weighted by Crippen LogP contribution is 2.32. The molecule has 0 nitrogen and oxygen atoms in total. The Morgan fingerprint density at radius 1 is 0.567 bits per heavy atom. The lowest BCUT2D eigenvalue weighted by atomic mass is 10.0. The summed E-state index contributed by atoms with van der Waals surface area (Å²) in [4.78, 5) is 0. The predicted molar refractivity (Wildman–Crippen MR) is 147 cm³/mol. The Morgan fingerprint density at radius 3 is 1.23 bits per heavy atom. The first-order valence-electron chi connectivity index (χ1n) is 13.2. The molecule has 1 aromatic rings. The van der Waals surface area contributed by atoms with Crippen LogP contribution in [0.5, 0.6) is 0 Å². The van der Waals surface area contributed by atoms with Gasteiger partial charge in [0.25, 0.3) is 0 Å². The van der Waals surface area contributed by atoms with Crippen LogP contribution in [-0.4, -0.2) is 19.0 Å². The number of hydrogen-bond acceptors (Lipinski definition) is 0. The Morgan fingerprint density at radius 2 is 0.900 bits per heavy atom. The molecule has 0 fully saturated rings. The summed E-state index contributed by atoms with van der Waals surface area (Å²) in [7, 11) is -0.475. The standard InChI is InChI=1S/C28H54Si2/c1-9-11-13-15-17-19-27(5,6)29-25-21-24(4)26(22-23(25)3)30-28(7,8)20-18-16-14-12-10-2/h21-22H,9-20,29-30H2,1-8H3. The van der Waals surface area contributed by atoms with Crippen molar-refractivity contribution in [2.75, 3.05) is 0 Å². The van der Waals surface area contributed by atoms with Gasteiger partial charge in [-0.2, -0.15) is 0 Å². The summed E-state index contributed by atoms with van der Waals surface area (Å²) in [6.45, 7) is 19.6. The van der Waals surface area contributed by atoms with E-state index in [1.807, 2.05) is 0 Å². The maximum atomic E-state index is 2.61. The van der Waals surface area contributed by atoms with E-state index in [9.17, 15) is 0 Å². The van der Waals surface area contributed by atoms with E-state index in [-0.39, 0.29) is 19.0 Å². The average molecular weight is 447 g/mol. The molecule has 0 N–H and O–H groups in total. The molecule has 0 aliphatic carbocycles. The van der Waals surface area contributed by atoms with Gasteiger partial charge in [0.15, 0.2) is 0 Å². The molecule has 0 aromatic heterocycles. The van der Waals surface area contributed by atoms with Crippen LogP contribution in [0, 0.1) is 13.8 Å². The molecular formula is C28H54Si2. The average Bonchev–Trinajstić information content (AvgIpc) is 2.65. The molecule has 0 amide bonds. The van der Waals surface area contributed by atoms with Crippen LogP contribution < -0.4 is 10.4 Å². The van der Waals surface area contributed by atoms with E-state index < -0.39 is 0 Å². The minimum atomic E-state index is -0.237. The van der Waals surface area contributed by atoms with Crippen molar-refractivity contribution in [2.45, 2.75) is 143 Å². The lowest BCUT2D eigenvalue weighted by Gasteiger charge is -2.28. The van der Waals surface area contributed by atoms with E-state index in [4.69, 9.17) is 0 Å². The van der Waals surface area contributed by atoms with Gasteiger partial charge in [-0.25, -0.2) is 0 Å². The van der Waals surface area contributed by atoms with Gasteiger partial charge in [0.05, 0.1) is 19.0 Å². The van der Waals surface area contributed by atoms with Crippen LogP contribution in [-0.2, 0) is 0 Å². The van der Waals surface area contributed by atoms with Crippen LogP contribution in [0.15, 0.2) is 12.1 Å². The van der Waals surface area contributed by atoms with E-state index >= 15 is 0 Å². The van der Waals surface area contributed by atoms with Gasteiger partial charge >= 0.3 is 0 Å². The fraction of sp³-hybridized carbons (Fsp3) is 0.786. The Bertz CT molecular complexity index is 547. The molecule has 0 saturated heterocycles. The smallest absolute Gasteiger partial charge is 0.0607 e. The maximum absolute atomic E-state index is 2.61. The summed E-state index contributed by atoms with van der Waals surface area (Å²) < 4.78 is 0. The van der Waals surface area contributed by atoms with Crippen molar-refractivity contribution >= 4 is 29.4 Å². The molecule has 0 saturated carbocycles. The van der Waals surface area contributed by atoms with Crippen LogP contribution in [0.25, 0.3) is 0 Å². The van der Waals surface area contributed by atoms with Gasteiger partial charge in [-0.1, -0.05) is 152 Å². The van der Waals surface area contributed by atoms with Gasteiger partial charge < -0.3 is 0 Å². The molecule has 0 aliphatic rings. The fourth-order valence-electron chi connectivity index (χ4n) is 4.94. The SMILES string of the molecule is CCCCCCCC(C)(C)[SiH2]c1cc(C)c([SiH2]C(C)(C)CCCCCCC)cc1C. The topological polar surface area (TPSA) is 0 Å². The van der Waals surface area contributed by atoms with Crippen molar-refractivity contribution in [1.82, 2.24) is 0 Å². The number of unbranched alkanes of at least 4 members (excludes halogenated alkanes) is 8. The molecule has 0 heterocycles. The molecule has 1 aromatic carbocycles. The molecule has 0 spiro atoms. The lowest BCUT2D eigenvalue weighted by molar-refractivity contribution is 0.531. The van der Waals surface area contributed by atoms with Gasteiger partial charge in [-0.15, -0.1) is 0 Å².